The molecule has 0 N–H and O–H groups in total. The largest absolute Gasteiger partial charge is 0.455 e. The van der Waals surface area contributed by atoms with Crippen LogP contribution in [0.3, 0.4) is 0 Å². The van der Waals surface area contributed by atoms with E-state index in [1.165, 1.54) is 0 Å². The number of fused-ring (bicyclic) bond motifs is 18. The van der Waals surface area contributed by atoms with Gasteiger partial charge in [-0.15, -0.1) is 0 Å². The van der Waals surface area contributed by atoms with Gasteiger partial charge < -0.3 is 17.7 Å². The second-order valence-corrected chi connectivity index (χ2v) is 29.0. The smallest absolute Gasteiger partial charge is 0.228 e. The summed E-state index contributed by atoms with van der Waals surface area (Å²) in [5.74, 6) is 3.46. The van der Waals surface area contributed by atoms with Crippen molar-refractivity contribution in [2.24, 2.45) is 0 Å². The monoisotopic (exact) mass is 1480 g/mol. The molecule has 16 aromatic carbocycles. The molecule has 0 amide bonds. The van der Waals surface area contributed by atoms with E-state index in [-0.39, 0.29) is 0 Å². The van der Waals surface area contributed by atoms with Crippen molar-refractivity contribution in [2.45, 2.75) is 0 Å². The lowest BCUT2D eigenvalue weighted by atomic mass is 9.91. The van der Waals surface area contributed by atoms with Crippen molar-refractivity contribution >= 4 is 131 Å². The summed E-state index contributed by atoms with van der Waals surface area (Å²) in [6.45, 7) is 0. The number of benzene rings is 16. The summed E-state index contributed by atoms with van der Waals surface area (Å²) in [5.41, 5.74) is 19.6. The number of pyridine rings is 2. The maximum absolute atomic E-state index is 6.44. The van der Waals surface area contributed by atoms with Gasteiger partial charge in [0.25, 0.3) is 0 Å². The van der Waals surface area contributed by atoms with E-state index in [0.29, 0.717) is 46.4 Å². The van der Waals surface area contributed by atoms with Crippen molar-refractivity contribution < 1.29 is 17.7 Å². The molecule has 8 aromatic heterocycles. The van der Waals surface area contributed by atoms with Gasteiger partial charge in [-0.1, -0.05) is 315 Å². The molecular formula is C104H60N8O4. The quantitative estimate of drug-likeness (QED) is 0.128. The van der Waals surface area contributed by atoms with E-state index in [1.807, 2.05) is 158 Å². The van der Waals surface area contributed by atoms with Gasteiger partial charge in [0.15, 0.2) is 34.9 Å². The Morgan fingerprint density at radius 3 is 0.991 bits per heavy atom. The first-order valence-electron chi connectivity index (χ1n) is 38.6. The molecule has 12 nitrogen and oxygen atoms in total. The molecule has 0 aliphatic heterocycles. The number of furan rings is 4. The highest BCUT2D eigenvalue weighted by Gasteiger charge is 2.25. The highest BCUT2D eigenvalue weighted by atomic mass is 16.3. The fourth-order valence-electron chi connectivity index (χ4n) is 17.0. The van der Waals surface area contributed by atoms with Crippen LogP contribution in [0.2, 0.25) is 0 Å². The summed E-state index contributed by atoms with van der Waals surface area (Å²) in [6, 6.07) is 125. The fraction of sp³-hybridized carbons (Fsp3) is 0. The second-order valence-electron chi connectivity index (χ2n) is 29.0. The summed E-state index contributed by atoms with van der Waals surface area (Å²) >= 11 is 0. The normalized spacial score (nSPS) is 11.8. The zero-order chi connectivity index (χ0) is 76.3. The minimum Gasteiger partial charge on any atom is -0.455 e. The van der Waals surface area contributed by atoms with E-state index in [9.17, 15) is 0 Å². The van der Waals surface area contributed by atoms with Crippen molar-refractivity contribution in [1.29, 1.82) is 0 Å². The predicted octanol–water partition coefficient (Wildman–Crippen LogP) is 27.4. The highest BCUT2D eigenvalue weighted by Crippen LogP contribution is 2.46. The lowest BCUT2D eigenvalue weighted by Crippen LogP contribution is -2.01. The molecule has 0 aliphatic carbocycles. The zero-order valence-electron chi connectivity index (χ0n) is 61.9. The van der Waals surface area contributed by atoms with E-state index in [0.717, 1.165) is 198 Å². The molecule has 0 bridgehead atoms. The average molecular weight is 1490 g/mol. The van der Waals surface area contributed by atoms with Crippen LogP contribution in [0.25, 0.3) is 244 Å². The van der Waals surface area contributed by atoms with Gasteiger partial charge in [0.2, 0.25) is 11.4 Å². The van der Waals surface area contributed by atoms with Gasteiger partial charge in [-0.25, -0.2) is 39.9 Å². The van der Waals surface area contributed by atoms with Crippen LogP contribution in [0.5, 0.6) is 0 Å². The minimum absolute atomic E-state index is 0.551. The molecule has 0 saturated heterocycles. The van der Waals surface area contributed by atoms with E-state index >= 15 is 0 Å². The molecule has 0 atom stereocenters. The Kier molecular flexibility index (Phi) is 15.3. The molecule has 0 spiro atoms. The number of para-hydroxylation sites is 6. The molecule has 0 fully saturated rings. The second kappa shape index (κ2) is 26.9. The SMILES string of the molecule is c1ccc(-c2nc(-c3ccc(-c4ccc(-c5nc6oc7ccccc7c6c6ccccc56)cc4)c4ccccc34)nc(-c3cccc4c3oc3ccccc34)n2)cc1.c1ccc(-c2nc(-c3cccc(-c4ccc(-c5nc6oc7ccccc7c6c6ccccc56)c5ccccc45)c3)nc(-c3cccc4c3oc3ccccc34)n2)cc1. The first-order chi connectivity index (χ1) is 57.5. The van der Waals surface area contributed by atoms with Crippen LogP contribution in [0.1, 0.15) is 0 Å². The van der Waals surface area contributed by atoms with Crippen LogP contribution < -0.4 is 0 Å². The number of nitrogens with zero attached hydrogens (tertiary/aromatic N) is 8. The Labute approximate surface area is 661 Å². The molecule has 116 heavy (non-hydrogen) atoms. The highest BCUT2D eigenvalue weighted by molar-refractivity contribution is 6.23. The maximum Gasteiger partial charge on any atom is 0.228 e. The van der Waals surface area contributed by atoms with Crippen molar-refractivity contribution in [3.63, 3.8) is 0 Å². The van der Waals surface area contributed by atoms with Crippen molar-refractivity contribution in [2.75, 3.05) is 0 Å². The van der Waals surface area contributed by atoms with Gasteiger partial charge in [0, 0.05) is 76.5 Å². The summed E-state index contributed by atoms with van der Waals surface area (Å²) in [4.78, 5) is 40.9. The molecule has 0 aliphatic rings. The van der Waals surface area contributed by atoms with Gasteiger partial charge in [-0.05, 0) is 103 Å². The Morgan fingerprint density at radius 2 is 0.474 bits per heavy atom. The standard InChI is InChI=1S/2C52H30N4O2/c1-2-14-31(15-3-1)49-54-50(56-51(55-49)43-25-13-24-41-37-20-8-10-26-44(37)57-48(41)43)33-17-12-16-32(30-33)34-28-29-40(36-19-5-4-18-35(34)36)47-39-22-7-6-21-38(39)46-42-23-9-11-27-45(42)58-52(46)53-47;1-2-13-33(14-3-1)49-54-50(56-51(55-49)43-22-12-21-40-37-17-8-10-23-44(37)57-48(40)43)41-30-29-34(35-15-4-5-16-36(35)41)31-25-27-32(28-26-31)47-39-19-7-6-18-38(39)46-42-20-9-11-24-45(42)58-52(46)53-47/h2*1-30H. The molecule has 12 heteroatoms. The lowest BCUT2D eigenvalue weighted by molar-refractivity contribution is 0.654. The molecule has 540 valence electrons. The van der Waals surface area contributed by atoms with E-state index in [4.69, 9.17) is 57.5 Å². The summed E-state index contributed by atoms with van der Waals surface area (Å²) in [6.07, 6.45) is 0. The maximum atomic E-state index is 6.44. The third kappa shape index (κ3) is 11.0. The first kappa shape index (κ1) is 65.9. The van der Waals surface area contributed by atoms with Crippen LogP contribution in [0.4, 0.5) is 0 Å². The van der Waals surface area contributed by atoms with Crippen molar-refractivity contribution in [3.05, 3.63) is 364 Å². The van der Waals surface area contributed by atoms with E-state index in [2.05, 4.69) is 206 Å². The third-order valence-corrected chi connectivity index (χ3v) is 22.4. The topological polar surface area (TPSA) is 156 Å². The Hall–Kier alpha value is -15.9. The van der Waals surface area contributed by atoms with Crippen LogP contribution in [0, 0.1) is 0 Å². The number of rotatable bonds is 10. The molecule has 24 rings (SSSR count). The molecule has 0 radical (unpaired) electrons. The lowest BCUT2D eigenvalue weighted by Gasteiger charge is -2.14. The van der Waals surface area contributed by atoms with Crippen LogP contribution in [0.15, 0.2) is 382 Å². The Bertz CT molecular complexity index is 8110. The van der Waals surface area contributed by atoms with Crippen LogP contribution >= 0.6 is 0 Å². The summed E-state index contributed by atoms with van der Waals surface area (Å²) in [5, 5.41) is 17.2. The molecule has 0 unspecified atom stereocenters. The van der Waals surface area contributed by atoms with Crippen LogP contribution in [-0.2, 0) is 0 Å². The predicted molar refractivity (Wildman–Crippen MR) is 469 cm³/mol. The van der Waals surface area contributed by atoms with Gasteiger partial charge in [0.05, 0.1) is 33.3 Å². The van der Waals surface area contributed by atoms with Crippen molar-refractivity contribution in [3.8, 4) is 113 Å². The van der Waals surface area contributed by atoms with Gasteiger partial charge in [0.1, 0.15) is 33.5 Å². The zero-order valence-corrected chi connectivity index (χ0v) is 61.9. The minimum atomic E-state index is 0.551. The van der Waals surface area contributed by atoms with Gasteiger partial charge >= 0.3 is 0 Å². The molecule has 0 saturated carbocycles. The number of hydrogen-bond acceptors (Lipinski definition) is 12. The van der Waals surface area contributed by atoms with Gasteiger partial charge in [-0.3, -0.25) is 0 Å². The van der Waals surface area contributed by atoms with Crippen LogP contribution in [-0.4, -0.2) is 39.9 Å². The molecule has 8 heterocycles. The average Bonchev–Trinajstić information content (AvgIpc) is 1.44. The first-order valence-corrected chi connectivity index (χ1v) is 38.6. The number of hydrogen-bond donors (Lipinski definition) is 0. The summed E-state index contributed by atoms with van der Waals surface area (Å²) < 4.78 is 25.5. The third-order valence-electron chi connectivity index (χ3n) is 22.4. The van der Waals surface area contributed by atoms with Crippen molar-refractivity contribution in [1.82, 2.24) is 39.9 Å². The fourth-order valence-corrected chi connectivity index (χ4v) is 17.0. The van der Waals surface area contributed by atoms with E-state index < -0.39 is 0 Å². The summed E-state index contributed by atoms with van der Waals surface area (Å²) in [7, 11) is 0. The van der Waals surface area contributed by atoms with E-state index in [1.54, 1.807) is 0 Å². The number of aromatic nitrogens is 8. The Morgan fingerprint density at radius 1 is 0.155 bits per heavy atom. The molecular weight excluding hydrogens is 1430 g/mol. The molecule has 24 aromatic rings. The Balaban J connectivity index is 0.000000137. The van der Waals surface area contributed by atoms with Gasteiger partial charge in [-0.2, -0.15) is 0 Å².